The van der Waals surface area contributed by atoms with Crippen molar-refractivity contribution in [3.63, 3.8) is 0 Å². The van der Waals surface area contributed by atoms with Crippen molar-refractivity contribution < 1.29 is 26.7 Å². The van der Waals surface area contributed by atoms with E-state index < -0.39 is 32.1 Å². The molecule has 0 radical (unpaired) electrons. The van der Waals surface area contributed by atoms with E-state index in [0.29, 0.717) is 44.0 Å². The maximum absolute atomic E-state index is 13.1. The number of nitrogens with one attached hydrogen (secondary N) is 1. The Kier molecular flexibility index (Phi) is 12.7. The van der Waals surface area contributed by atoms with Crippen LogP contribution in [0.25, 0.3) is 0 Å². The maximum atomic E-state index is 13.1. The number of carbonyl (C=O) groups is 1. The van der Waals surface area contributed by atoms with E-state index in [0.717, 1.165) is 80.5 Å². The third kappa shape index (κ3) is 9.39. The third-order valence-electron chi connectivity index (χ3n) is 9.15. The molecule has 2 N–H and O–H groups in total. The molecule has 1 aromatic carbocycles. The van der Waals surface area contributed by atoms with Gasteiger partial charge in [0, 0.05) is 36.8 Å². The van der Waals surface area contributed by atoms with Crippen LogP contribution in [-0.2, 0) is 31.3 Å². The Balaban J connectivity index is 1.07. The van der Waals surface area contributed by atoms with Crippen LogP contribution in [0.15, 0.2) is 60.6 Å². The van der Waals surface area contributed by atoms with Crippen LogP contribution in [0.3, 0.4) is 0 Å². The number of carboxylic acids is 1. The van der Waals surface area contributed by atoms with Crippen molar-refractivity contribution in [1.29, 1.82) is 0 Å². The first kappa shape index (κ1) is 37.7. The second-order valence-electron chi connectivity index (χ2n) is 12.6. The standard InChI is InChI=1S/C32H39Br2ClN4O6S3/c1-21-4-2-7-24(16-21)17-28(32(40)41)37-47(42,43)25-18-27(34)31(36-20-25)38-12-8-22(9-13-38)5-3-6-23-10-14-39(15-11-23)48(44,45)29-19-26(33)30(35)46-29/h2,4,7,16,18-20,22-23,28,37H,3,5-6,8-15,17H2,1H3,(H,40,41). The zero-order valence-corrected chi connectivity index (χ0v) is 32.8. The first-order valence-corrected chi connectivity index (χ1v) is 21.6. The molecule has 2 aromatic heterocycles. The van der Waals surface area contributed by atoms with Gasteiger partial charge in [-0.1, -0.05) is 60.7 Å². The number of hydrogen-bond donors (Lipinski definition) is 2. The Labute approximate surface area is 308 Å². The fourth-order valence-electron chi connectivity index (χ4n) is 6.45. The van der Waals surface area contributed by atoms with Gasteiger partial charge in [-0.25, -0.2) is 21.8 Å². The highest BCUT2D eigenvalue weighted by molar-refractivity contribution is 9.11. The summed E-state index contributed by atoms with van der Waals surface area (Å²) in [5.74, 6) is 0.526. The molecule has 262 valence electrons. The van der Waals surface area contributed by atoms with E-state index in [4.69, 9.17) is 11.6 Å². The Morgan fingerprint density at radius 1 is 1.02 bits per heavy atom. The fraction of sp³-hybridized carbons (Fsp3) is 0.500. The number of piperidine rings is 2. The molecule has 16 heteroatoms. The topological polar surface area (TPSA) is 137 Å². The highest BCUT2D eigenvalue weighted by Gasteiger charge is 2.32. The van der Waals surface area contributed by atoms with Gasteiger partial charge in [-0.05, 0) is 100 Å². The van der Waals surface area contributed by atoms with Crippen molar-refractivity contribution in [2.24, 2.45) is 11.8 Å². The minimum Gasteiger partial charge on any atom is -0.480 e. The minimum atomic E-state index is -4.14. The summed E-state index contributed by atoms with van der Waals surface area (Å²) in [4.78, 5) is 18.4. The molecule has 2 aliphatic heterocycles. The van der Waals surface area contributed by atoms with Crippen LogP contribution in [0, 0.1) is 18.8 Å². The van der Waals surface area contributed by atoms with E-state index in [-0.39, 0.29) is 15.5 Å². The van der Waals surface area contributed by atoms with Crippen molar-refractivity contribution in [2.45, 2.75) is 73.4 Å². The molecule has 0 amide bonds. The summed E-state index contributed by atoms with van der Waals surface area (Å²) >= 11 is 14.0. The van der Waals surface area contributed by atoms with Gasteiger partial charge in [-0.2, -0.15) is 9.03 Å². The summed E-state index contributed by atoms with van der Waals surface area (Å²) in [5, 5.41) is 9.72. The number of anilines is 1. The van der Waals surface area contributed by atoms with E-state index in [9.17, 15) is 26.7 Å². The molecule has 5 rings (SSSR count). The van der Waals surface area contributed by atoms with Gasteiger partial charge in [-0.3, -0.25) is 4.79 Å². The van der Waals surface area contributed by atoms with Gasteiger partial charge in [0.05, 0.1) is 4.47 Å². The lowest BCUT2D eigenvalue weighted by Gasteiger charge is -2.34. The molecule has 2 saturated heterocycles. The van der Waals surface area contributed by atoms with Crippen LogP contribution in [0.5, 0.6) is 0 Å². The summed E-state index contributed by atoms with van der Waals surface area (Å²) < 4.78 is 58.1. The second kappa shape index (κ2) is 16.2. The molecule has 1 unspecified atom stereocenters. The normalized spacial score (nSPS) is 17.9. The monoisotopic (exact) mass is 864 g/mol. The number of pyridine rings is 1. The average Bonchev–Trinajstić information content (AvgIpc) is 3.39. The van der Waals surface area contributed by atoms with Gasteiger partial charge >= 0.3 is 5.97 Å². The van der Waals surface area contributed by atoms with E-state index in [1.165, 1.54) is 12.3 Å². The highest BCUT2D eigenvalue weighted by Crippen LogP contribution is 2.37. The molecule has 3 aromatic rings. The minimum absolute atomic E-state index is 0.0198. The third-order valence-corrected chi connectivity index (χ3v) is 16.0. The first-order chi connectivity index (χ1) is 22.7. The Bertz CT molecular complexity index is 1810. The van der Waals surface area contributed by atoms with Crippen LogP contribution < -0.4 is 9.62 Å². The molecular formula is C32H39Br2ClN4O6S3. The van der Waals surface area contributed by atoms with Crippen LogP contribution in [0.2, 0.25) is 4.34 Å². The lowest BCUT2D eigenvalue weighted by molar-refractivity contribution is -0.138. The molecule has 4 heterocycles. The van der Waals surface area contributed by atoms with E-state index in [2.05, 4.69) is 46.5 Å². The predicted octanol–water partition coefficient (Wildman–Crippen LogP) is 7.09. The van der Waals surface area contributed by atoms with Crippen molar-refractivity contribution >= 4 is 86.6 Å². The molecule has 48 heavy (non-hydrogen) atoms. The van der Waals surface area contributed by atoms with E-state index >= 15 is 0 Å². The first-order valence-electron chi connectivity index (χ1n) is 15.9. The molecule has 0 spiro atoms. The predicted molar refractivity (Wildman–Crippen MR) is 196 cm³/mol. The molecule has 0 aliphatic carbocycles. The molecule has 10 nitrogen and oxygen atoms in total. The van der Waals surface area contributed by atoms with Crippen LogP contribution in [0.4, 0.5) is 5.82 Å². The van der Waals surface area contributed by atoms with Gasteiger partial charge in [0.25, 0.3) is 10.0 Å². The summed E-state index contributed by atoms with van der Waals surface area (Å²) in [6.45, 7) is 4.56. The van der Waals surface area contributed by atoms with Crippen LogP contribution >= 0.6 is 54.8 Å². The summed E-state index contributed by atoms with van der Waals surface area (Å²) in [6, 6.07) is 9.06. The number of sulfonamides is 2. The summed E-state index contributed by atoms with van der Waals surface area (Å²) in [7, 11) is -7.65. The number of aryl methyl sites for hydroxylation is 1. The summed E-state index contributed by atoms with van der Waals surface area (Å²) in [5.41, 5.74) is 1.69. The Hall–Kier alpha value is -1.59. The van der Waals surface area contributed by atoms with Gasteiger partial charge < -0.3 is 10.0 Å². The van der Waals surface area contributed by atoms with Crippen molar-refractivity contribution in [3.05, 3.63) is 67.0 Å². The van der Waals surface area contributed by atoms with Gasteiger partial charge in [-0.15, -0.1) is 11.3 Å². The van der Waals surface area contributed by atoms with Crippen molar-refractivity contribution in [1.82, 2.24) is 14.0 Å². The lowest BCUT2D eigenvalue weighted by Crippen LogP contribution is -2.42. The Morgan fingerprint density at radius 2 is 1.67 bits per heavy atom. The molecule has 0 bridgehead atoms. The zero-order chi connectivity index (χ0) is 34.6. The molecular weight excluding hydrogens is 828 g/mol. The SMILES string of the molecule is Cc1cccc(CC(NS(=O)(=O)c2cnc(N3CCC(CCCC4CCN(S(=O)(=O)c5cc(Br)c(Cl)s5)CC4)CC3)c(Br)c2)C(=O)O)c1. The molecule has 2 fully saturated rings. The average molecular weight is 867 g/mol. The number of aliphatic carboxylic acids is 1. The van der Waals surface area contributed by atoms with Crippen LogP contribution in [0.1, 0.15) is 56.1 Å². The fourth-order valence-corrected chi connectivity index (χ4v) is 12.3. The van der Waals surface area contributed by atoms with Crippen molar-refractivity contribution in [3.8, 4) is 0 Å². The Morgan fingerprint density at radius 3 is 2.23 bits per heavy atom. The van der Waals surface area contributed by atoms with Crippen molar-refractivity contribution in [2.75, 3.05) is 31.1 Å². The number of hydrogen-bond acceptors (Lipinski definition) is 8. The lowest BCUT2D eigenvalue weighted by atomic mass is 9.87. The molecule has 0 saturated carbocycles. The number of carboxylic acid groups (broad SMARTS) is 1. The van der Waals surface area contributed by atoms with Gasteiger partial charge in [0.15, 0.2) is 0 Å². The maximum Gasteiger partial charge on any atom is 0.322 e. The number of benzene rings is 1. The summed E-state index contributed by atoms with van der Waals surface area (Å²) in [6.07, 6.45) is 8.36. The number of thiophene rings is 1. The quantitative estimate of drug-likeness (QED) is 0.186. The van der Waals surface area contributed by atoms with E-state index in [1.807, 2.05) is 25.1 Å². The smallest absolute Gasteiger partial charge is 0.322 e. The van der Waals surface area contributed by atoms with Crippen LogP contribution in [-0.4, -0.2) is 69.4 Å². The van der Waals surface area contributed by atoms with Gasteiger partial charge in [0.2, 0.25) is 10.0 Å². The number of rotatable bonds is 13. The molecule has 1 atom stereocenters. The second-order valence-corrected chi connectivity index (χ2v) is 19.8. The van der Waals surface area contributed by atoms with E-state index in [1.54, 1.807) is 16.4 Å². The number of aromatic nitrogens is 1. The number of nitrogens with zero attached hydrogens (tertiary/aromatic N) is 3. The van der Waals surface area contributed by atoms with Gasteiger partial charge in [0.1, 0.15) is 25.3 Å². The largest absolute Gasteiger partial charge is 0.480 e. The molecule has 2 aliphatic rings. The highest BCUT2D eigenvalue weighted by atomic mass is 79.9. The number of halogens is 3. The zero-order valence-electron chi connectivity index (χ0n) is 26.4.